The number of aromatic amines is 2. The molecule has 190 valence electrons. The lowest BCUT2D eigenvalue weighted by molar-refractivity contribution is 0.105. The summed E-state index contributed by atoms with van der Waals surface area (Å²) in [7, 11) is -3.77. The van der Waals surface area contributed by atoms with Gasteiger partial charge in [-0.15, -0.1) is 0 Å². The lowest BCUT2D eigenvalue weighted by Gasteiger charge is -2.22. The molecule has 1 aliphatic carbocycles. The van der Waals surface area contributed by atoms with E-state index in [1.165, 1.54) is 34.4 Å². The zero-order valence-corrected chi connectivity index (χ0v) is 25.2. The maximum atomic E-state index is 14.1. The minimum atomic E-state index is -3.77. The molecule has 0 spiro atoms. The van der Waals surface area contributed by atoms with Crippen molar-refractivity contribution in [3.63, 3.8) is 0 Å². The molecule has 0 saturated carbocycles. The van der Waals surface area contributed by atoms with Gasteiger partial charge in [-0.25, -0.2) is 0 Å². The molecule has 7 nitrogen and oxygen atoms in total. The number of hydrogen-bond acceptors (Lipinski definition) is 11. The van der Waals surface area contributed by atoms with Gasteiger partial charge in [0.15, 0.2) is 16.6 Å². The summed E-state index contributed by atoms with van der Waals surface area (Å²) in [6.07, 6.45) is 7.16. The lowest BCUT2D eigenvalue weighted by atomic mass is 10.0. The molecule has 1 aromatic carbocycles. The van der Waals surface area contributed by atoms with E-state index in [1.807, 2.05) is 31.2 Å². The molecule has 0 bridgehead atoms. The largest absolute Gasteiger partial charge is 0.320 e. The van der Waals surface area contributed by atoms with E-state index in [4.69, 9.17) is 29.0 Å². The van der Waals surface area contributed by atoms with Crippen LogP contribution >= 0.6 is 78.0 Å². The molecule has 1 atom stereocenters. The number of allylic oxidation sites excluding steroid dienone is 4. The van der Waals surface area contributed by atoms with Gasteiger partial charge in [-0.05, 0) is 67.8 Å². The van der Waals surface area contributed by atoms with E-state index < -0.39 is 12.9 Å². The van der Waals surface area contributed by atoms with Gasteiger partial charge < -0.3 is 4.52 Å². The molecule has 2 aromatic heterocycles. The predicted molar refractivity (Wildman–Crippen MR) is 155 cm³/mol. The summed E-state index contributed by atoms with van der Waals surface area (Å²) in [5.41, 5.74) is 2.57. The van der Waals surface area contributed by atoms with Gasteiger partial charge in [-0.3, -0.25) is 19.6 Å². The van der Waals surface area contributed by atoms with Crippen LogP contribution in [0.2, 0.25) is 0 Å². The van der Waals surface area contributed by atoms with Crippen molar-refractivity contribution in [3.8, 4) is 0 Å². The zero-order chi connectivity index (χ0) is 25.7. The molecule has 4 rings (SSSR count). The van der Waals surface area contributed by atoms with Crippen LogP contribution < -0.4 is 0 Å². The molecular formula is C22H23N4O3PS6. The molecule has 1 unspecified atom stereocenters. The SMILES string of the molecule is CCOP(=O)(C(=O)c1c(C)cc(CSc2n[nH]c(=S)s2)cc1CSc1n[nH]c(=S)s1)C1=CCCC=C1. The second-order valence-corrected chi connectivity index (χ2v) is 15.7. The van der Waals surface area contributed by atoms with Gasteiger partial charge in [0.2, 0.25) is 0 Å². The third-order valence-electron chi connectivity index (χ3n) is 5.13. The molecule has 36 heavy (non-hydrogen) atoms. The summed E-state index contributed by atoms with van der Waals surface area (Å²) < 4.78 is 22.7. The van der Waals surface area contributed by atoms with Crippen molar-refractivity contribution in [3.05, 3.63) is 65.8 Å². The number of rotatable bonds is 11. The van der Waals surface area contributed by atoms with Crippen LogP contribution in [0, 0.1) is 14.8 Å². The molecule has 2 N–H and O–H groups in total. The van der Waals surface area contributed by atoms with Crippen LogP contribution in [0.3, 0.4) is 0 Å². The highest BCUT2D eigenvalue weighted by Gasteiger charge is 2.39. The Morgan fingerprint density at radius 1 is 1.11 bits per heavy atom. The molecule has 0 radical (unpaired) electrons. The second-order valence-electron chi connectivity index (χ2n) is 7.67. The third kappa shape index (κ3) is 6.63. The number of H-pyrrole nitrogens is 2. The Bertz CT molecular complexity index is 1480. The third-order valence-corrected chi connectivity index (χ3v) is 12.1. The molecule has 1 aliphatic rings. The van der Waals surface area contributed by atoms with E-state index >= 15 is 0 Å². The van der Waals surface area contributed by atoms with Gasteiger partial charge in [0.1, 0.15) is 0 Å². The minimum absolute atomic E-state index is 0.179. The molecule has 0 amide bonds. The predicted octanol–water partition coefficient (Wildman–Crippen LogP) is 8.30. The standard InChI is InChI=1S/C22H23N4O3PS6/c1-3-29-30(28,16-7-5-4-6-8-16)18(27)17-13(2)9-14(11-33-21-25-23-19(31)35-21)10-15(17)12-34-22-26-24-20(32)36-22/h5,7-10H,3-4,6,11-12H2,1-2H3,(H,23,31)(H,24,32). The second kappa shape index (κ2) is 12.6. The van der Waals surface area contributed by atoms with Crippen LogP contribution in [0.15, 0.2) is 44.4 Å². The number of nitrogens with zero attached hydrogens (tertiary/aromatic N) is 2. The van der Waals surface area contributed by atoms with E-state index in [9.17, 15) is 9.36 Å². The Morgan fingerprint density at radius 2 is 1.78 bits per heavy atom. The van der Waals surface area contributed by atoms with Gasteiger partial charge in [0.05, 0.1) is 6.61 Å². The highest BCUT2D eigenvalue weighted by molar-refractivity contribution is 8.00. The van der Waals surface area contributed by atoms with Crippen molar-refractivity contribution >= 4 is 83.5 Å². The number of benzene rings is 1. The summed E-state index contributed by atoms with van der Waals surface area (Å²) in [4.78, 5) is 14.0. The topological polar surface area (TPSA) is 101 Å². The minimum Gasteiger partial charge on any atom is -0.320 e. The fraction of sp³-hybridized carbons (Fsp3) is 0.318. The van der Waals surface area contributed by atoms with Gasteiger partial charge >= 0.3 is 0 Å². The number of thioether (sulfide) groups is 2. The van der Waals surface area contributed by atoms with E-state index in [2.05, 4.69) is 20.4 Å². The summed E-state index contributed by atoms with van der Waals surface area (Å²) in [6.45, 7) is 3.82. The molecule has 3 aromatic rings. The normalized spacial score (nSPS) is 15.0. The quantitative estimate of drug-likeness (QED) is 0.125. The maximum Gasteiger partial charge on any atom is 0.300 e. The Balaban J connectivity index is 1.71. The zero-order valence-electron chi connectivity index (χ0n) is 19.4. The number of carbonyl (C=O) groups excluding carboxylic acids is 1. The van der Waals surface area contributed by atoms with Crippen LogP contribution in [0.1, 0.15) is 46.8 Å². The van der Waals surface area contributed by atoms with Crippen molar-refractivity contribution in [1.82, 2.24) is 20.4 Å². The average Bonchev–Trinajstić information content (AvgIpc) is 3.48. The number of nitrogens with one attached hydrogen (secondary N) is 2. The molecule has 0 fully saturated rings. The van der Waals surface area contributed by atoms with Crippen LogP contribution in [0.4, 0.5) is 0 Å². The lowest BCUT2D eigenvalue weighted by Crippen LogP contribution is -2.12. The Kier molecular flexibility index (Phi) is 9.73. The van der Waals surface area contributed by atoms with E-state index in [0.717, 1.165) is 38.2 Å². The molecular weight excluding hydrogens is 592 g/mol. The maximum absolute atomic E-state index is 14.1. The van der Waals surface area contributed by atoms with Gasteiger partial charge in [-0.2, -0.15) is 10.2 Å². The van der Waals surface area contributed by atoms with Crippen LogP contribution in [0.5, 0.6) is 0 Å². The average molecular weight is 615 g/mol. The first-order valence-electron chi connectivity index (χ1n) is 11.0. The van der Waals surface area contributed by atoms with Crippen molar-refractivity contribution < 1.29 is 13.9 Å². The first kappa shape index (κ1) is 27.8. The smallest absolute Gasteiger partial charge is 0.300 e. The van der Waals surface area contributed by atoms with Crippen LogP contribution in [-0.4, -0.2) is 32.5 Å². The Morgan fingerprint density at radius 3 is 2.33 bits per heavy atom. The monoisotopic (exact) mass is 614 g/mol. The van der Waals surface area contributed by atoms with E-state index in [1.54, 1.807) is 24.8 Å². The summed E-state index contributed by atoms with van der Waals surface area (Å²) in [5, 5.41) is 14.5. The number of aromatic nitrogens is 4. The molecule has 0 saturated heterocycles. The number of aryl methyl sites for hydroxylation is 1. The summed E-state index contributed by atoms with van der Waals surface area (Å²) >= 11 is 16.1. The Labute approximate surface area is 235 Å². The number of carbonyl (C=O) groups is 1. The number of hydrogen-bond donors (Lipinski definition) is 2. The van der Waals surface area contributed by atoms with Gasteiger partial charge in [0, 0.05) is 22.4 Å². The van der Waals surface area contributed by atoms with Crippen molar-refractivity contribution in [1.29, 1.82) is 0 Å². The first-order chi connectivity index (χ1) is 17.3. The first-order valence-corrected chi connectivity index (χ1v) is 17.0. The van der Waals surface area contributed by atoms with Crippen molar-refractivity contribution in [2.24, 2.45) is 0 Å². The highest BCUT2D eigenvalue weighted by Crippen LogP contribution is 2.59. The Hall–Kier alpha value is -1.18. The molecule has 2 heterocycles. The van der Waals surface area contributed by atoms with E-state index in [-0.39, 0.29) is 6.61 Å². The highest BCUT2D eigenvalue weighted by atomic mass is 32.2. The van der Waals surface area contributed by atoms with Crippen LogP contribution in [-0.2, 0) is 20.6 Å². The molecule has 0 aliphatic heterocycles. The van der Waals surface area contributed by atoms with E-state index in [0.29, 0.717) is 30.3 Å². The van der Waals surface area contributed by atoms with Crippen molar-refractivity contribution in [2.45, 2.75) is 46.9 Å². The fourth-order valence-electron chi connectivity index (χ4n) is 3.68. The van der Waals surface area contributed by atoms with Crippen LogP contribution in [0.25, 0.3) is 0 Å². The van der Waals surface area contributed by atoms with Gasteiger partial charge in [0.25, 0.3) is 12.9 Å². The molecule has 14 heteroatoms. The fourth-order valence-corrected chi connectivity index (χ4v) is 9.90. The van der Waals surface area contributed by atoms with Crippen molar-refractivity contribution in [2.75, 3.05) is 6.61 Å². The summed E-state index contributed by atoms with van der Waals surface area (Å²) in [5.74, 6) is 1.13. The summed E-state index contributed by atoms with van der Waals surface area (Å²) in [6, 6.07) is 3.97. The van der Waals surface area contributed by atoms with Gasteiger partial charge in [-0.1, -0.05) is 76.6 Å².